The highest BCUT2D eigenvalue weighted by molar-refractivity contribution is 5.96. The van der Waals surface area contributed by atoms with Crippen molar-refractivity contribution in [2.75, 3.05) is 38.1 Å². The van der Waals surface area contributed by atoms with Crippen molar-refractivity contribution in [2.45, 2.75) is 13.0 Å². The number of urea groups is 1. The molecule has 1 aromatic rings. The van der Waals surface area contributed by atoms with E-state index in [0.717, 1.165) is 18.8 Å². The fourth-order valence-corrected chi connectivity index (χ4v) is 2.53. The Balaban J connectivity index is 1.90. The van der Waals surface area contributed by atoms with Gasteiger partial charge in [-0.3, -0.25) is 15.0 Å². The molecular formula is C15H22N4O3. The van der Waals surface area contributed by atoms with E-state index in [1.807, 2.05) is 17.0 Å². The monoisotopic (exact) mass is 306 g/mol. The summed E-state index contributed by atoms with van der Waals surface area (Å²) in [5.74, 6) is -0.0447. The van der Waals surface area contributed by atoms with Gasteiger partial charge in [-0.25, -0.2) is 4.79 Å². The van der Waals surface area contributed by atoms with Crippen molar-refractivity contribution in [1.82, 2.24) is 15.5 Å². The van der Waals surface area contributed by atoms with Crippen molar-refractivity contribution in [3.05, 3.63) is 24.3 Å². The standard InChI is InChI=1S/C15H22N4O3/c1-11(14(21)17-15(22)16-2)18-7-9-19(10-8-18)12-5-3-4-6-13(12)20/h3-6,11,20H,7-10H2,1-2H3,(H2,16,17,21,22). The summed E-state index contributed by atoms with van der Waals surface area (Å²) in [7, 11) is 1.47. The second-order valence-electron chi connectivity index (χ2n) is 5.26. The third-order valence-corrected chi connectivity index (χ3v) is 3.93. The minimum absolute atomic E-state index is 0.265. The number of piperazine rings is 1. The van der Waals surface area contributed by atoms with Crippen LogP contribution in [0.2, 0.25) is 0 Å². The Labute approximate surface area is 129 Å². The van der Waals surface area contributed by atoms with Crippen LogP contribution in [0.5, 0.6) is 5.75 Å². The quantitative estimate of drug-likeness (QED) is 0.751. The molecule has 0 aliphatic carbocycles. The van der Waals surface area contributed by atoms with E-state index in [1.54, 1.807) is 19.1 Å². The average molecular weight is 306 g/mol. The third kappa shape index (κ3) is 3.67. The van der Waals surface area contributed by atoms with E-state index in [4.69, 9.17) is 0 Å². The number of hydrogen-bond donors (Lipinski definition) is 3. The molecular weight excluding hydrogens is 284 g/mol. The van der Waals surface area contributed by atoms with Crippen LogP contribution in [0.1, 0.15) is 6.92 Å². The molecule has 0 saturated carbocycles. The van der Waals surface area contributed by atoms with Crippen molar-refractivity contribution in [1.29, 1.82) is 0 Å². The summed E-state index contributed by atoms with van der Waals surface area (Å²) in [5, 5.41) is 14.5. The summed E-state index contributed by atoms with van der Waals surface area (Å²) in [6.07, 6.45) is 0. The number of nitrogens with zero attached hydrogens (tertiary/aromatic N) is 2. The number of hydrogen-bond acceptors (Lipinski definition) is 5. The lowest BCUT2D eigenvalue weighted by atomic mass is 10.2. The van der Waals surface area contributed by atoms with Crippen LogP contribution >= 0.6 is 0 Å². The van der Waals surface area contributed by atoms with Crippen molar-refractivity contribution in [2.24, 2.45) is 0 Å². The molecule has 7 nitrogen and oxygen atoms in total. The molecule has 2 rings (SSSR count). The molecule has 7 heteroatoms. The van der Waals surface area contributed by atoms with E-state index < -0.39 is 6.03 Å². The van der Waals surface area contributed by atoms with E-state index in [-0.39, 0.29) is 17.7 Å². The van der Waals surface area contributed by atoms with Crippen molar-refractivity contribution in [3.8, 4) is 5.75 Å². The number of aromatic hydroxyl groups is 1. The fourth-order valence-electron chi connectivity index (χ4n) is 2.53. The molecule has 1 aliphatic heterocycles. The van der Waals surface area contributed by atoms with Gasteiger partial charge in [0.05, 0.1) is 11.7 Å². The number of rotatable bonds is 3. The summed E-state index contributed by atoms with van der Waals surface area (Å²) >= 11 is 0. The molecule has 1 heterocycles. The number of nitrogens with one attached hydrogen (secondary N) is 2. The van der Waals surface area contributed by atoms with Gasteiger partial charge in [0.1, 0.15) is 5.75 Å². The second kappa shape index (κ2) is 7.13. The Morgan fingerprint density at radius 1 is 1.18 bits per heavy atom. The summed E-state index contributed by atoms with van der Waals surface area (Å²) in [6.45, 7) is 4.60. The predicted molar refractivity (Wildman–Crippen MR) is 84.0 cm³/mol. The zero-order valence-electron chi connectivity index (χ0n) is 12.9. The van der Waals surface area contributed by atoms with Crippen LogP contribution in [0.4, 0.5) is 10.5 Å². The molecule has 1 atom stereocenters. The van der Waals surface area contributed by atoms with Crippen LogP contribution in [-0.4, -0.2) is 61.2 Å². The van der Waals surface area contributed by atoms with E-state index in [0.29, 0.717) is 13.1 Å². The maximum Gasteiger partial charge on any atom is 0.321 e. The number of imide groups is 1. The van der Waals surface area contributed by atoms with Gasteiger partial charge in [0, 0.05) is 33.2 Å². The van der Waals surface area contributed by atoms with Gasteiger partial charge in [-0.05, 0) is 19.1 Å². The van der Waals surface area contributed by atoms with Gasteiger partial charge < -0.3 is 15.3 Å². The van der Waals surface area contributed by atoms with Crippen LogP contribution in [0.25, 0.3) is 0 Å². The lowest BCUT2D eigenvalue weighted by Gasteiger charge is -2.38. The highest BCUT2D eigenvalue weighted by Crippen LogP contribution is 2.27. The van der Waals surface area contributed by atoms with Crippen LogP contribution in [0.3, 0.4) is 0 Å². The first-order valence-corrected chi connectivity index (χ1v) is 7.32. The van der Waals surface area contributed by atoms with Crippen LogP contribution in [0, 0.1) is 0 Å². The SMILES string of the molecule is CNC(=O)NC(=O)C(C)N1CCN(c2ccccc2O)CC1. The second-order valence-corrected chi connectivity index (χ2v) is 5.26. The lowest BCUT2D eigenvalue weighted by molar-refractivity contribution is -0.124. The van der Waals surface area contributed by atoms with Crippen molar-refractivity contribution < 1.29 is 14.7 Å². The van der Waals surface area contributed by atoms with Crippen LogP contribution in [-0.2, 0) is 4.79 Å². The lowest BCUT2D eigenvalue weighted by Crippen LogP contribution is -2.55. The van der Waals surface area contributed by atoms with Gasteiger partial charge in [-0.1, -0.05) is 12.1 Å². The first-order valence-electron chi connectivity index (χ1n) is 7.32. The minimum atomic E-state index is -0.496. The molecule has 1 aliphatic rings. The normalized spacial score (nSPS) is 16.9. The zero-order valence-corrected chi connectivity index (χ0v) is 12.9. The molecule has 0 radical (unpaired) electrons. The highest BCUT2D eigenvalue weighted by atomic mass is 16.3. The van der Waals surface area contributed by atoms with Gasteiger partial charge in [0.25, 0.3) is 0 Å². The van der Waals surface area contributed by atoms with Crippen molar-refractivity contribution in [3.63, 3.8) is 0 Å². The van der Waals surface area contributed by atoms with Gasteiger partial charge in [-0.2, -0.15) is 0 Å². The molecule has 1 saturated heterocycles. The zero-order chi connectivity index (χ0) is 16.1. The predicted octanol–water partition coefficient (Wildman–Crippen LogP) is 0.358. The third-order valence-electron chi connectivity index (χ3n) is 3.93. The number of carbonyl (C=O) groups excluding carboxylic acids is 2. The Kier molecular flexibility index (Phi) is 5.21. The Bertz CT molecular complexity index is 541. The average Bonchev–Trinajstić information content (AvgIpc) is 2.54. The van der Waals surface area contributed by atoms with E-state index in [9.17, 15) is 14.7 Å². The molecule has 3 amide bonds. The molecule has 120 valence electrons. The molecule has 1 fully saturated rings. The van der Waals surface area contributed by atoms with Gasteiger partial charge >= 0.3 is 6.03 Å². The number of anilines is 1. The number of para-hydroxylation sites is 2. The molecule has 3 N–H and O–H groups in total. The number of carbonyl (C=O) groups is 2. The molecule has 22 heavy (non-hydrogen) atoms. The largest absolute Gasteiger partial charge is 0.506 e. The van der Waals surface area contributed by atoms with E-state index >= 15 is 0 Å². The smallest absolute Gasteiger partial charge is 0.321 e. The first kappa shape index (κ1) is 16.1. The maximum atomic E-state index is 12.0. The number of amides is 3. The van der Waals surface area contributed by atoms with Gasteiger partial charge in [0.15, 0.2) is 0 Å². The Hall–Kier alpha value is -2.28. The summed E-state index contributed by atoms with van der Waals surface area (Å²) in [4.78, 5) is 27.3. The van der Waals surface area contributed by atoms with Crippen molar-refractivity contribution >= 4 is 17.6 Å². The molecule has 1 aromatic carbocycles. The van der Waals surface area contributed by atoms with Crippen LogP contribution < -0.4 is 15.5 Å². The summed E-state index contributed by atoms with van der Waals surface area (Å²) in [6, 6.07) is 6.36. The minimum Gasteiger partial charge on any atom is -0.506 e. The van der Waals surface area contributed by atoms with E-state index in [1.165, 1.54) is 7.05 Å². The number of benzene rings is 1. The topological polar surface area (TPSA) is 84.9 Å². The van der Waals surface area contributed by atoms with Gasteiger partial charge in [0.2, 0.25) is 5.91 Å². The van der Waals surface area contributed by atoms with Crippen LogP contribution in [0.15, 0.2) is 24.3 Å². The van der Waals surface area contributed by atoms with Gasteiger partial charge in [-0.15, -0.1) is 0 Å². The Morgan fingerprint density at radius 3 is 2.41 bits per heavy atom. The highest BCUT2D eigenvalue weighted by Gasteiger charge is 2.27. The maximum absolute atomic E-state index is 12.0. The fraction of sp³-hybridized carbons (Fsp3) is 0.467. The number of phenols is 1. The number of phenolic OH excluding ortho intramolecular Hbond substituents is 1. The molecule has 1 unspecified atom stereocenters. The summed E-state index contributed by atoms with van der Waals surface area (Å²) < 4.78 is 0. The molecule has 0 bridgehead atoms. The first-order chi connectivity index (χ1) is 10.5. The Morgan fingerprint density at radius 2 is 1.82 bits per heavy atom. The molecule has 0 aromatic heterocycles. The van der Waals surface area contributed by atoms with E-state index in [2.05, 4.69) is 15.5 Å². The molecule has 0 spiro atoms. The summed E-state index contributed by atoms with van der Waals surface area (Å²) in [5.41, 5.74) is 0.810.